The summed E-state index contributed by atoms with van der Waals surface area (Å²) < 4.78 is 5.64. The van der Waals surface area contributed by atoms with E-state index in [1.807, 2.05) is 6.07 Å². The number of hydrogen-bond acceptors (Lipinski definition) is 7. The van der Waals surface area contributed by atoms with Gasteiger partial charge in [-0.3, -0.25) is 14.5 Å². The third kappa shape index (κ3) is 4.63. The summed E-state index contributed by atoms with van der Waals surface area (Å²) in [5, 5.41) is 2.64. The zero-order valence-electron chi connectivity index (χ0n) is 14.4. The Balaban J connectivity index is 1.41. The normalized spacial score (nSPS) is 19.4. The van der Waals surface area contributed by atoms with Crippen molar-refractivity contribution in [1.82, 2.24) is 10.2 Å². The van der Waals surface area contributed by atoms with Crippen molar-refractivity contribution < 1.29 is 19.1 Å². The maximum atomic E-state index is 12.2. The van der Waals surface area contributed by atoms with Crippen molar-refractivity contribution in [2.75, 3.05) is 25.4 Å². The quantitative estimate of drug-likeness (QED) is 0.569. The van der Waals surface area contributed by atoms with Gasteiger partial charge in [-0.2, -0.15) is 0 Å². The third-order valence-corrected chi connectivity index (χ3v) is 7.01. The van der Waals surface area contributed by atoms with Gasteiger partial charge in [-0.15, -0.1) is 11.3 Å². The van der Waals surface area contributed by atoms with Gasteiger partial charge in [0.25, 0.3) is 5.91 Å². The van der Waals surface area contributed by atoms with Crippen LogP contribution < -0.4 is 5.32 Å². The van der Waals surface area contributed by atoms with E-state index in [1.54, 1.807) is 0 Å². The van der Waals surface area contributed by atoms with Gasteiger partial charge in [0.2, 0.25) is 5.91 Å². The highest BCUT2D eigenvalue weighted by Crippen LogP contribution is 2.32. The number of ether oxygens (including phenoxy) is 1. The number of thioether (sulfide) groups is 1. The van der Waals surface area contributed by atoms with Crippen LogP contribution in [0.3, 0.4) is 0 Å². The first-order chi connectivity index (χ1) is 12.4. The van der Waals surface area contributed by atoms with E-state index in [4.69, 9.17) is 17.0 Å². The van der Waals surface area contributed by atoms with Crippen molar-refractivity contribution in [3.63, 3.8) is 0 Å². The molecule has 26 heavy (non-hydrogen) atoms. The molecule has 0 radical (unpaired) electrons. The van der Waals surface area contributed by atoms with Crippen LogP contribution in [0.1, 0.15) is 33.5 Å². The SMILES string of the molecule is C[C@H]1CCc2sc(C(=O)OCC(=O)NCCN3C(=O)CSC3=S)cc2C1. The van der Waals surface area contributed by atoms with Gasteiger partial charge in [0.05, 0.1) is 5.75 Å². The van der Waals surface area contributed by atoms with Crippen molar-refractivity contribution in [2.45, 2.75) is 26.2 Å². The summed E-state index contributed by atoms with van der Waals surface area (Å²) in [6, 6.07) is 1.90. The molecule has 9 heteroatoms. The molecule has 1 aliphatic carbocycles. The topological polar surface area (TPSA) is 75.7 Å². The van der Waals surface area contributed by atoms with E-state index in [9.17, 15) is 14.4 Å². The molecule has 0 aromatic carbocycles. The van der Waals surface area contributed by atoms with Gasteiger partial charge in [0.15, 0.2) is 6.61 Å². The minimum atomic E-state index is -0.459. The van der Waals surface area contributed by atoms with Gasteiger partial charge in [-0.05, 0) is 36.8 Å². The number of nitrogens with zero attached hydrogens (tertiary/aromatic N) is 1. The number of aryl methyl sites for hydroxylation is 1. The minimum Gasteiger partial charge on any atom is -0.451 e. The Bertz CT molecular complexity index is 730. The van der Waals surface area contributed by atoms with Crippen LogP contribution >= 0.6 is 35.3 Å². The van der Waals surface area contributed by atoms with Crippen LogP contribution in [0.5, 0.6) is 0 Å². The Hall–Kier alpha value is -1.45. The Kier molecular flexibility index (Phi) is 6.31. The molecule has 2 heterocycles. The summed E-state index contributed by atoms with van der Waals surface area (Å²) in [5.41, 5.74) is 1.23. The number of amides is 2. The van der Waals surface area contributed by atoms with E-state index < -0.39 is 11.9 Å². The summed E-state index contributed by atoms with van der Waals surface area (Å²) >= 11 is 7.85. The number of fused-ring (bicyclic) bond motifs is 1. The molecule has 1 fully saturated rings. The van der Waals surface area contributed by atoms with Gasteiger partial charge in [0, 0.05) is 18.0 Å². The number of carbonyl (C=O) groups excluding carboxylic acids is 3. The lowest BCUT2D eigenvalue weighted by molar-refractivity contribution is -0.126. The van der Waals surface area contributed by atoms with Gasteiger partial charge in [-0.1, -0.05) is 30.9 Å². The van der Waals surface area contributed by atoms with Gasteiger partial charge < -0.3 is 10.1 Å². The molecule has 2 amide bonds. The molecular weight excluding hydrogens is 392 g/mol. The molecular formula is C17H20N2O4S3. The zero-order chi connectivity index (χ0) is 18.7. The second-order valence-corrected chi connectivity index (χ2v) is 9.18. The summed E-state index contributed by atoms with van der Waals surface area (Å²) in [5.74, 6) is 0.101. The minimum absolute atomic E-state index is 0.0448. The monoisotopic (exact) mass is 412 g/mol. The van der Waals surface area contributed by atoms with E-state index in [-0.39, 0.29) is 19.1 Å². The Labute approximate surface area is 165 Å². The predicted molar refractivity (Wildman–Crippen MR) is 106 cm³/mol. The number of carbonyl (C=O) groups is 3. The third-order valence-electron chi connectivity index (χ3n) is 4.36. The van der Waals surface area contributed by atoms with Crippen LogP contribution in [0, 0.1) is 5.92 Å². The van der Waals surface area contributed by atoms with Crippen molar-refractivity contribution in [1.29, 1.82) is 0 Å². The summed E-state index contributed by atoms with van der Waals surface area (Å²) in [4.78, 5) is 38.8. The molecule has 1 aromatic rings. The molecule has 140 valence electrons. The molecule has 3 rings (SSSR count). The van der Waals surface area contributed by atoms with Crippen molar-refractivity contribution in [2.24, 2.45) is 5.92 Å². The molecule has 2 aliphatic rings. The molecule has 1 aromatic heterocycles. The number of nitrogens with one attached hydrogen (secondary N) is 1. The lowest BCUT2D eigenvalue weighted by atomic mass is 9.90. The van der Waals surface area contributed by atoms with Gasteiger partial charge >= 0.3 is 5.97 Å². The smallest absolute Gasteiger partial charge is 0.348 e. The van der Waals surface area contributed by atoms with Crippen LogP contribution in [-0.2, 0) is 27.2 Å². The first-order valence-corrected chi connectivity index (χ1v) is 10.7. The molecule has 1 saturated heterocycles. The molecule has 1 aliphatic heterocycles. The average molecular weight is 413 g/mol. The van der Waals surface area contributed by atoms with Crippen LogP contribution in [0.4, 0.5) is 0 Å². The van der Waals surface area contributed by atoms with Crippen LogP contribution in [0.25, 0.3) is 0 Å². The highest BCUT2D eigenvalue weighted by Gasteiger charge is 2.26. The first kappa shape index (κ1) is 19.3. The number of thiophene rings is 1. The highest BCUT2D eigenvalue weighted by atomic mass is 32.2. The second-order valence-electron chi connectivity index (χ2n) is 6.43. The maximum Gasteiger partial charge on any atom is 0.348 e. The molecule has 0 saturated carbocycles. The number of rotatable bonds is 6. The van der Waals surface area contributed by atoms with Crippen LogP contribution in [0.2, 0.25) is 0 Å². The van der Waals surface area contributed by atoms with Gasteiger partial charge in [0.1, 0.15) is 9.20 Å². The maximum absolute atomic E-state index is 12.2. The molecule has 0 bridgehead atoms. The molecule has 1 atom stereocenters. The fourth-order valence-electron chi connectivity index (χ4n) is 2.96. The molecule has 0 unspecified atom stereocenters. The molecule has 6 nitrogen and oxygen atoms in total. The number of hydrogen-bond donors (Lipinski definition) is 1. The van der Waals surface area contributed by atoms with Crippen LogP contribution in [-0.4, -0.2) is 52.5 Å². The van der Waals surface area contributed by atoms with E-state index in [1.165, 1.54) is 38.4 Å². The second kappa shape index (κ2) is 8.49. The fraction of sp³-hybridized carbons (Fsp3) is 0.529. The van der Waals surface area contributed by atoms with E-state index in [2.05, 4.69) is 12.2 Å². The van der Waals surface area contributed by atoms with E-state index in [0.29, 0.717) is 27.4 Å². The molecule has 0 spiro atoms. The standard InChI is InChI=1S/C17H20N2O4S3/c1-10-2-3-12-11(6-10)7-13(26-12)16(22)23-8-14(20)18-4-5-19-15(21)9-25-17(19)24/h7,10H,2-6,8-9H2,1H3,(H,18,20)/t10-/m0/s1. The Morgan fingerprint density at radius 1 is 1.46 bits per heavy atom. The summed E-state index contributed by atoms with van der Waals surface area (Å²) in [7, 11) is 0. The number of thiocarbonyl (C=S) groups is 1. The Morgan fingerprint density at radius 3 is 3.00 bits per heavy atom. The van der Waals surface area contributed by atoms with Crippen molar-refractivity contribution >= 4 is 57.4 Å². The highest BCUT2D eigenvalue weighted by molar-refractivity contribution is 8.23. The van der Waals surface area contributed by atoms with Crippen LogP contribution in [0.15, 0.2) is 6.07 Å². The van der Waals surface area contributed by atoms with E-state index >= 15 is 0 Å². The lowest BCUT2D eigenvalue weighted by Crippen LogP contribution is -2.38. The van der Waals surface area contributed by atoms with Gasteiger partial charge in [-0.25, -0.2) is 4.79 Å². The molecule has 1 N–H and O–H groups in total. The summed E-state index contributed by atoms with van der Waals surface area (Å²) in [6.07, 6.45) is 3.14. The summed E-state index contributed by atoms with van der Waals surface area (Å²) in [6.45, 7) is 2.49. The number of esters is 1. The van der Waals surface area contributed by atoms with E-state index in [0.717, 1.165) is 19.3 Å². The predicted octanol–water partition coefficient (Wildman–Crippen LogP) is 2.01. The average Bonchev–Trinajstić information content (AvgIpc) is 3.17. The van der Waals surface area contributed by atoms with Crippen molar-refractivity contribution in [3.05, 3.63) is 21.4 Å². The first-order valence-electron chi connectivity index (χ1n) is 8.46. The van der Waals surface area contributed by atoms with Crippen molar-refractivity contribution in [3.8, 4) is 0 Å². The zero-order valence-corrected chi connectivity index (χ0v) is 16.9. The Morgan fingerprint density at radius 2 is 2.27 bits per heavy atom. The fourth-order valence-corrected chi connectivity index (χ4v) is 5.19. The lowest BCUT2D eigenvalue weighted by Gasteiger charge is -2.16. The largest absolute Gasteiger partial charge is 0.451 e.